The monoisotopic (exact) mass is 508 g/mol. The van der Waals surface area contributed by atoms with Crippen molar-refractivity contribution in [1.29, 1.82) is 0 Å². The average Bonchev–Trinajstić information content (AvgIpc) is 2.42. The molecule has 1 rings (SSSR count). The standard InChI is InChI=1S/C14H22Cl2N4O2S.HI/c1-4-17-14(18-7-8-19-23(3,21)22)20-10(2)12-6-5-11(15)9-13(12)16;/h5-6,9-10,19H,4,7-8H2,1-3H3,(H2,17,18,20);1H. The molecule has 0 saturated carbocycles. The SMILES string of the molecule is CCNC(=NCCNS(C)(=O)=O)NC(C)c1ccc(Cl)cc1Cl.I. The zero-order chi connectivity index (χ0) is 17.5. The summed E-state index contributed by atoms with van der Waals surface area (Å²) in [5.41, 5.74) is 0.899. The van der Waals surface area contributed by atoms with E-state index in [4.69, 9.17) is 23.2 Å². The Kier molecular flexibility index (Phi) is 11.2. The second kappa shape index (κ2) is 11.3. The van der Waals surface area contributed by atoms with Crippen LogP contribution in [-0.4, -0.2) is 40.3 Å². The van der Waals surface area contributed by atoms with Gasteiger partial charge in [0.25, 0.3) is 0 Å². The summed E-state index contributed by atoms with van der Waals surface area (Å²) in [4.78, 5) is 4.33. The maximum Gasteiger partial charge on any atom is 0.208 e. The number of nitrogens with zero attached hydrogens (tertiary/aromatic N) is 1. The Bertz CT molecular complexity index is 656. The third-order valence-corrected chi connectivity index (χ3v) is 4.16. The van der Waals surface area contributed by atoms with Crippen LogP contribution in [0.2, 0.25) is 10.0 Å². The van der Waals surface area contributed by atoms with Crippen LogP contribution in [0.4, 0.5) is 0 Å². The van der Waals surface area contributed by atoms with Gasteiger partial charge in [-0.1, -0.05) is 29.3 Å². The first-order chi connectivity index (χ1) is 10.7. The molecule has 0 bridgehead atoms. The summed E-state index contributed by atoms with van der Waals surface area (Å²) in [6.07, 6.45) is 1.12. The maximum atomic E-state index is 11.0. The summed E-state index contributed by atoms with van der Waals surface area (Å²) in [6, 6.07) is 5.25. The quantitative estimate of drug-likeness (QED) is 0.229. The summed E-state index contributed by atoms with van der Waals surface area (Å²) in [5.74, 6) is 0.585. The van der Waals surface area contributed by atoms with Gasteiger partial charge < -0.3 is 10.6 Å². The minimum Gasteiger partial charge on any atom is -0.357 e. The Hall–Kier alpha value is -0.290. The second-order valence-electron chi connectivity index (χ2n) is 4.96. The molecule has 1 aromatic rings. The molecular weight excluding hydrogens is 486 g/mol. The molecule has 6 nitrogen and oxygen atoms in total. The van der Waals surface area contributed by atoms with Crippen LogP contribution >= 0.6 is 47.2 Å². The molecule has 0 fully saturated rings. The molecule has 0 aliphatic carbocycles. The molecule has 138 valence electrons. The smallest absolute Gasteiger partial charge is 0.208 e. The number of halogens is 3. The van der Waals surface area contributed by atoms with Crippen molar-refractivity contribution in [3.05, 3.63) is 33.8 Å². The molecule has 0 aliphatic heterocycles. The van der Waals surface area contributed by atoms with E-state index in [1.807, 2.05) is 19.9 Å². The number of guanidine groups is 1. The van der Waals surface area contributed by atoms with Crippen LogP contribution < -0.4 is 15.4 Å². The zero-order valence-corrected chi connectivity index (χ0v) is 18.4. The van der Waals surface area contributed by atoms with E-state index in [9.17, 15) is 8.42 Å². The molecular formula is C14H23Cl2IN4O2S. The number of aliphatic imine (C=N–C) groups is 1. The molecule has 1 unspecified atom stereocenters. The summed E-state index contributed by atoms with van der Waals surface area (Å²) >= 11 is 12.1. The summed E-state index contributed by atoms with van der Waals surface area (Å²) in [6.45, 7) is 5.16. The van der Waals surface area contributed by atoms with Gasteiger partial charge in [0.2, 0.25) is 10.0 Å². The van der Waals surface area contributed by atoms with Gasteiger partial charge in [0, 0.05) is 23.1 Å². The van der Waals surface area contributed by atoms with Crippen molar-refractivity contribution in [3.8, 4) is 0 Å². The summed E-state index contributed by atoms with van der Waals surface area (Å²) in [7, 11) is -3.20. The number of hydrogen-bond acceptors (Lipinski definition) is 3. The molecule has 0 aromatic heterocycles. The first-order valence-corrected chi connectivity index (χ1v) is 9.82. The highest BCUT2D eigenvalue weighted by atomic mass is 127. The van der Waals surface area contributed by atoms with Gasteiger partial charge in [-0.05, 0) is 31.5 Å². The predicted octanol–water partition coefficient (Wildman–Crippen LogP) is 2.78. The maximum absolute atomic E-state index is 11.0. The average molecular weight is 509 g/mol. The van der Waals surface area contributed by atoms with Gasteiger partial charge >= 0.3 is 0 Å². The Morgan fingerprint density at radius 3 is 2.54 bits per heavy atom. The van der Waals surface area contributed by atoms with Crippen LogP contribution in [0, 0.1) is 0 Å². The molecule has 0 heterocycles. The van der Waals surface area contributed by atoms with Gasteiger partial charge in [-0.15, -0.1) is 24.0 Å². The molecule has 0 saturated heterocycles. The van der Waals surface area contributed by atoms with Gasteiger partial charge in [0.1, 0.15) is 0 Å². The van der Waals surface area contributed by atoms with Crippen LogP contribution in [0.3, 0.4) is 0 Å². The third kappa shape index (κ3) is 9.26. The lowest BCUT2D eigenvalue weighted by atomic mass is 10.1. The molecule has 1 aromatic carbocycles. The van der Waals surface area contributed by atoms with Crippen molar-refractivity contribution in [2.24, 2.45) is 4.99 Å². The fourth-order valence-corrected chi connectivity index (χ4v) is 2.89. The van der Waals surface area contributed by atoms with E-state index in [0.29, 0.717) is 29.1 Å². The van der Waals surface area contributed by atoms with Gasteiger partial charge in [-0.2, -0.15) is 0 Å². The largest absolute Gasteiger partial charge is 0.357 e. The molecule has 3 N–H and O–H groups in total. The zero-order valence-electron chi connectivity index (χ0n) is 13.8. The number of rotatable bonds is 7. The Morgan fingerprint density at radius 1 is 1.33 bits per heavy atom. The van der Waals surface area contributed by atoms with E-state index in [2.05, 4.69) is 20.3 Å². The van der Waals surface area contributed by atoms with Crippen LogP contribution in [0.1, 0.15) is 25.5 Å². The first-order valence-electron chi connectivity index (χ1n) is 7.17. The molecule has 0 spiro atoms. The van der Waals surface area contributed by atoms with Crippen molar-refractivity contribution in [2.45, 2.75) is 19.9 Å². The number of hydrogen-bond donors (Lipinski definition) is 3. The van der Waals surface area contributed by atoms with E-state index >= 15 is 0 Å². The number of nitrogens with one attached hydrogen (secondary N) is 3. The second-order valence-corrected chi connectivity index (χ2v) is 7.64. The van der Waals surface area contributed by atoms with Crippen LogP contribution in [0.15, 0.2) is 23.2 Å². The third-order valence-electron chi connectivity index (χ3n) is 2.87. The fraction of sp³-hybridized carbons (Fsp3) is 0.500. The van der Waals surface area contributed by atoms with E-state index < -0.39 is 10.0 Å². The van der Waals surface area contributed by atoms with Gasteiger partial charge in [-0.25, -0.2) is 13.1 Å². The molecule has 10 heteroatoms. The van der Waals surface area contributed by atoms with Crippen molar-refractivity contribution in [1.82, 2.24) is 15.4 Å². The Labute approximate surface area is 170 Å². The summed E-state index contributed by atoms with van der Waals surface area (Å²) in [5, 5.41) is 7.49. The van der Waals surface area contributed by atoms with Crippen molar-refractivity contribution >= 4 is 63.2 Å². The van der Waals surface area contributed by atoms with E-state index in [0.717, 1.165) is 11.8 Å². The van der Waals surface area contributed by atoms with Crippen LogP contribution in [0.25, 0.3) is 0 Å². The lowest BCUT2D eigenvalue weighted by molar-refractivity contribution is 0.588. The molecule has 0 aliphatic rings. The lowest BCUT2D eigenvalue weighted by Gasteiger charge is -2.19. The Balaban J connectivity index is 0.00000529. The molecule has 24 heavy (non-hydrogen) atoms. The molecule has 0 amide bonds. The topological polar surface area (TPSA) is 82.6 Å². The van der Waals surface area contributed by atoms with Crippen LogP contribution in [0.5, 0.6) is 0 Å². The number of sulfonamides is 1. The predicted molar refractivity (Wildman–Crippen MR) is 112 cm³/mol. The lowest BCUT2D eigenvalue weighted by Crippen LogP contribution is -2.39. The van der Waals surface area contributed by atoms with Crippen molar-refractivity contribution < 1.29 is 8.42 Å². The van der Waals surface area contributed by atoms with E-state index in [-0.39, 0.29) is 36.6 Å². The van der Waals surface area contributed by atoms with Gasteiger partial charge in [0.15, 0.2) is 5.96 Å². The van der Waals surface area contributed by atoms with Crippen LogP contribution in [-0.2, 0) is 10.0 Å². The van der Waals surface area contributed by atoms with Crippen molar-refractivity contribution in [3.63, 3.8) is 0 Å². The highest BCUT2D eigenvalue weighted by Gasteiger charge is 2.11. The molecule has 1 atom stereocenters. The van der Waals surface area contributed by atoms with E-state index in [1.54, 1.807) is 12.1 Å². The van der Waals surface area contributed by atoms with Gasteiger partial charge in [0.05, 0.1) is 18.8 Å². The van der Waals surface area contributed by atoms with Crippen molar-refractivity contribution in [2.75, 3.05) is 25.9 Å². The normalized spacial score (nSPS) is 13.1. The minimum absolute atomic E-state index is 0. The summed E-state index contributed by atoms with van der Waals surface area (Å²) < 4.78 is 24.4. The highest BCUT2D eigenvalue weighted by Crippen LogP contribution is 2.25. The fourth-order valence-electron chi connectivity index (χ4n) is 1.85. The highest BCUT2D eigenvalue weighted by molar-refractivity contribution is 14.0. The van der Waals surface area contributed by atoms with E-state index in [1.165, 1.54) is 0 Å². The molecule has 0 radical (unpaired) electrons. The number of benzene rings is 1. The minimum atomic E-state index is -3.20. The Morgan fingerprint density at radius 2 is 2.00 bits per heavy atom. The first kappa shape index (κ1) is 23.7. The van der Waals surface area contributed by atoms with Gasteiger partial charge in [-0.3, -0.25) is 4.99 Å².